The zero-order valence-electron chi connectivity index (χ0n) is 15.9. The van der Waals surface area contributed by atoms with E-state index < -0.39 is 10.0 Å². The molecule has 0 unspecified atom stereocenters. The van der Waals surface area contributed by atoms with Crippen LogP contribution >= 0.6 is 0 Å². The van der Waals surface area contributed by atoms with Crippen molar-refractivity contribution in [3.05, 3.63) is 24.3 Å². The van der Waals surface area contributed by atoms with Gasteiger partial charge in [0.25, 0.3) is 0 Å². The molecule has 0 bridgehead atoms. The maximum absolute atomic E-state index is 12.7. The highest BCUT2D eigenvalue weighted by molar-refractivity contribution is 7.89. The molecule has 2 rings (SSSR count). The Bertz CT molecular complexity index is 743. The van der Waals surface area contributed by atoms with Crippen LogP contribution in [0.1, 0.15) is 51.9 Å². The number of nitrogens with zero attached hydrogens (tertiary/aromatic N) is 1. The van der Waals surface area contributed by atoms with Crippen LogP contribution in [0.25, 0.3) is 0 Å². The molecule has 1 aliphatic rings. The highest BCUT2D eigenvalue weighted by Crippen LogP contribution is 2.23. The van der Waals surface area contributed by atoms with Gasteiger partial charge in [0.2, 0.25) is 21.8 Å². The Morgan fingerprint density at radius 2 is 1.81 bits per heavy atom. The third kappa shape index (κ3) is 6.95. The van der Waals surface area contributed by atoms with Crippen molar-refractivity contribution in [2.45, 2.75) is 56.8 Å². The van der Waals surface area contributed by atoms with Crippen LogP contribution in [-0.4, -0.2) is 44.2 Å². The molecule has 0 atom stereocenters. The first kappa shape index (κ1) is 21.4. The predicted molar refractivity (Wildman–Crippen MR) is 105 cm³/mol. The van der Waals surface area contributed by atoms with Gasteiger partial charge < -0.3 is 10.6 Å². The summed E-state index contributed by atoms with van der Waals surface area (Å²) in [6, 6.07) is 6.45. The maximum Gasteiger partial charge on any atom is 0.243 e. The number of nitrogens with one attached hydrogen (secondary N) is 2. The second-order valence-corrected chi connectivity index (χ2v) is 8.77. The number of carbonyl (C=O) groups is 2. The summed E-state index contributed by atoms with van der Waals surface area (Å²) in [5.74, 6) is -0.186. The first-order chi connectivity index (χ1) is 12.9. The molecule has 7 nitrogen and oxygen atoms in total. The van der Waals surface area contributed by atoms with Gasteiger partial charge in [-0.3, -0.25) is 9.59 Å². The van der Waals surface area contributed by atoms with Crippen LogP contribution in [0.5, 0.6) is 0 Å². The smallest absolute Gasteiger partial charge is 0.243 e. The molecule has 0 aromatic heterocycles. The molecule has 0 radical (unpaired) electrons. The van der Waals surface area contributed by atoms with Gasteiger partial charge in [0.05, 0.1) is 4.90 Å². The van der Waals surface area contributed by atoms with E-state index >= 15 is 0 Å². The Labute approximate surface area is 161 Å². The first-order valence-corrected chi connectivity index (χ1v) is 11.0. The van der Waals surface area contributed by atoms with Gasteiger partial charge in [0.15, 0.2) is 0 Å². The summed E-state index contributed by atoms with van der Waals surface area (Å²) in [5, 5.41) is 5.50. The molecule has 2 amide bonds. The van der Waals surface area contributed by atoms with E-state index in [-0.39, 0.29) is 16.7 Å². The summed E-state index contributed by atoms with van der Waals surface area (Å²) >= 11 is 0. The zero-order valence-corrected chi connectivity index (χ0v) is 16.7. The third-order valence-electron chi connectivity index (χ3n) is 4.53. The van der Waals surface area contributed by atoms with E-state index in [4.69, 9.17) is 0 Å². The third-order valence-corrected chi connectivity index (χ3v) is 6.42. The van der Waals surface area contributed by atoms with Crippen LogP contribution < -0.4 is 10.6 Å². The van der Waals surface area contributed by atoms with E-state index in [2.05, 4.69) is 10.6 Å². The van der Waals surface area contributed by atoms with Gasteiger partial charge in [-0.15, -0.1) is 0 Å². The lowest BCUT2D eigenvalue weighted by molar-refractivity contribution is -0.119. The van der Waals surface area contributed by atoms with E-state index in [0.29, 0.717) is 31.7 Å². The van der Waals surface area contributed by atoms with E-state index in [1.54, 1.807) is 18.2 Å². The van der Waals surface area contributed by atoms with Crippen LogP contribution in [0.3, 0.4) is 0 Å². The van der Waals surface area contributed by atoms with Crippen molar-refractivity contribution in [2.75, 3.05) is 25.0 Å². The molecule has 2 N–H and O–H groups in total. The standard InChI is InChI=1S/C19H29N3O4S/c1-16(23)20-12-5-2-4-11-19(24)21-17-9-8-10-18(15-17)27(25,26)22-13-6-3-7-14-22/h8-10,15H,2-7,11-14H2,1H3,(H,20,23)(H,21,24). The quantitative estimate of drug-likeness (QED) is 0.628. The summed E-state index contributed by atoms with van der Waals surface area (Å²) in [7, 11) is -3.51. The molecule has 0 spiro atoms. The predicted octanol–water partition coefficient (Wildman–Crippen LogP) is 2.50. The number of piperidine rings is 1. The number of amides is 2. The Morgan fingerprint density at radius 3 is 2.52 bits per heavy atom. The van der Waals surface area contributed by atoms with Crippen LogP contribution in [-0.2, 0) is 19.6 Å². The van der Waals surface area contributed by atoms with Crippen molar-refractivity contribution in [2.24, 2.45) is 0 Å². The number of anilines is 1. The number of hydrogen-bond acceptors (Lipinski definition) is 4. The van der Waals surface area contributed by atoms with Crippen LogP contribution in [0.2, 0.25) is 0 Å². The van der Waals surface area contributed by atoms with Gasteiger partial charge in [-0.25, -0.2) is 8.42 Å². The Kier molecular flexibility index (Phi) is 8.24. The molecule has 1 aromatic carbocycles. The van der Waals surface area contributed by atoms with Crippen molar-refractivity contribution in [1.82, 2.24) is 9.62 Å². The first-order valence-electron chi connectivity index (χ1n) is 9.54. The fourth-order valence-corrected chi connectivity index (χ4v) is 4.63. The molecular weight excluding hydrogens is 366 g/mol. The molecule has 1 saturated heterocycles. The molecular formula is C19H29N3O4S. The molecule has 150 valence electrons. The highest BCUT2D eigenvalue weighted by atomic mass is 32.2. The van der Waals surface area contributed by atoms with Crippen LogP contribution in [0, 0.1) is 0 Å². The Balaban J connectivity index is 1.84. The normalized spacial score (nSPS) is 15.3. The molecule has 27 heavy (non-hydrogen) atoms. The summed E-state index contributed by atoms with van der Waals surface area (Å²) in [6.07, 6.45) is 5.59. The molecule has 8 heteroatoms. The number of carbonyl (C=O) groups excluding carboxylic acids is 2. The molecule has 0 saturated carbocycles. The lowest BCUT2D eigenvalue weighted by atomic mass is 10.2. The van der Waals surface area contributed by atoms with Crippen molar-refractivity contribution in [3.8, 4) is 0 Å². The lowest BCUT2D eigenvalue weighted by Crippen LogP contribution is -2.35. The van der Waals surface area contributed by atoms with Gasteiger partial charge in [-0.2, -0.15) is 4.31 Å². The average molecular weight is 396 g/mol. The number of benzene rings is 1. The molecule has 1 aliphatic heterocycles. The largest absolute Gasteiger partial charge is 0.356 e. The minimum Gasteiger partial charge on any atom is -0.356 e. The van der Waals surface area contributed by atoms with Gasteiger partial charge in [0.1, 0.15) is 0 Å². The summed E-state index contributed by atoms with van der Waals surface area (Å²) in [6.45, 7) is 3.20. The second kappa shape index (κ2) is 10.4. The van der Waals surface area contributed by atoms with E-state index in [1.807, 2.05) is 0 Å². The van der Waals surface area contributed by atoms with Crippen molar-refractivity contribution in [3.63, 3.8) is 0 Å². The SMILES string of the molecule is CC(=O)NCCCCCC(=O)Nc1cccc(S(=O)(=O)N2CCCCC2)c1. The Hall–Kier alpha value is -1.93. The van der Waals surface area contributed by atoms with E-state index in [0.717, 1.165) is 38.5 Å². The number of hydrogen-bond donors (Lipinski definition) is 2. The minimum absolute atomic E-state index is 0.0490. The maximum atomic E-state index is 12.7. The fraction of sp³-hybridized carbons (Fsp3) is 0.579. The Morgan fingerprint density at radius 1 is 1.07 bits per heavy atom. The topological polar surface area (TPSA) is 95.6 Å². The summed E-state index contributed by atoms with van der Waals surface area (Å²) in [4.78, 5) is 23.1. The van der Waals surface area contributed by atoms with Crippen molar-refractivity contribution in [1.29, 1.82) is 0 Å². The van der Waals surface area contributed by atoms with E-state index in [1.165, 1.54) is 17.3 Å². The van der Waals surface area contributed by atoms with Gasteiger partial charge in [0, 0.05) is 38.7 Å². The van der Waals surface area contributed by atoms with Gasteiger partial charge in [-0.1, -0.05) is 18.9 Å². The summed E-state index contributed by atoms with van der Waals surface area (Å²) < 4.78 is 27.0. The highest BCUT2D eigenvalue weighted by Gasteiger charge is 2.26. The number of sulfonamides is 1. The second-order valence-electron chi connectivity index (χ2n) is 6.83. The molecule has 1 fully saturated rings. The van der Waals surface area contributed by atoms with E-state index in [9.17, 15) is 18.0 Å². The lowest BCUT2D eigenvalue weighted by Gasteiger charge is -2.26. The van der Waals surface area contributed by atoms with Gasteiger partial charge in [-0.05, 0) is 43.9 Å². The fourth-order valence-electron chi connectivity index (χ4n) is 3.06. The number of unbranched alkanes of at least 4 members (excludes halogenated alkanes) is 2. The van der Waals surface area contributed by atoms with Crippen molar-refractivity contribution >= 4 is 27.5 Å². The molecule has 1 heterocycles. The zero-order chi connectivity index (χ0) is 19.7. The number of rotatable bonds is 9. The monoisotopic (exact) mass is 395 g/mol. The average Bonchev–Trinajstić information content (AvgIpc) is 2.65. The minimum atomic E-state index is -3.51. The van der Waals surface area contributed by atoms with Gasteiger partial charge >= 0.3 is 0 Å². The van der Waals surface area contributed by atoms with Crippen LogP contribution in [0.15, 0.2) is 29.2 Å². The van der Waals surface area contributed by atoms with Crippen LogP contribution in [0.4, 0.5) is 5.69 Å². The molecule has 0 aliphatic carbocycles. The molecule has 1 aromatic rings. The summed E-state index contributed by atoms with van der Waals surface area (Å²) in [5.41, 5.74) is 0.497. The van der Waals surface area contributed by atoms with Crippen molar-refractivity contribution < 1.29 is 18.0 Å².